The van der Waals surface area contributed by atoms with Gasteiger partial charge in [-0.2, -0.15) is 5.26 Å². The van der Waals surface area contributed by atoms with Gasteiger partial charge in [0, 0.05) is 0 Å². The summed E-state index contributed by atoms with van der Waals surface area (Å²) in [6, 6.07) is 2.22. The third kappa shape index (κ3) is 3.69. The van der Waals surface area contributed by atoms with Crippen LogP contribution in [-0.2, 0) is 6.42 Å². The van der Waals surface area contributed by atoms with Gasteiger partial charge in [-0.15, -0.1) is 13.2 Å². The number of nitrogens with zero attached hydrogens (tertiary/aromatic N) is 3. The molecule has 0 N–H and O–H groups in total. The predicted octanol–water partition coefficient (Wildman–Crippen LogP) is 2.56. The lowest BCUT2D eigenvalue weighted by Gasteiger charge is -2.09. The maximum atomic E-state index is 12.0. The van der Waals surface area contributed by atoms with Crippen molar-refractivity contribution in [1.29, 1.82) is 5.26 Å². The van der Waals surface area contributed by atoms with Crippen molar-refractivity contribution in [1.82, 2.24) is 4.98 Å². The number of pyridine rings is 1. The topological polar surface area (TPSA) is 89.0 Å². The van der Waals surface area contributed by atoms with Gasteiger partial charge >= 0.3 is 6.36 Å². The molecule has 0 saturated carbocycles. The average molecular weight is 373 g/mol. The highest BCUT2D eigenvalue weighted by molar-refractivity contribution is 14.1. The maximum absolute atomic E-state index is 12.0. The molecule has 18 heavy (non-hydrogen) atoms. The quantitative estimate of drug-likeness (QED) is 0.462. The number of hydrogen-bond acceptors (Lipinski definition) is 5. The van der Waals surface area contributed by atoms with Crippen molar-refractivity contribution < 1.29 is 22.8 Å². The molecule has 1 rings (SSSR count). The van der Waals surface area contributed by atoms with Crippen LogP contribution in [0, 0.1) is 25.0 Å². The second-order valence-corrected chi connectivity index (χ2v) is 3.96. The SMILES string of the molecule is N#CCc1nc(OC(F)(F)F)cc([N+](=O)[O-])c1I. The highest BCUT2D eigenvalue weighted by Gasteiger charge is 2.33. The Hall–Kier alpha value is -1.64. The van der Waals surface area contributed by atoms with Crippen LogP contribution in [0.4, 0.5) is 18.9 Å². The molecule has 0 aliphatic carbocycles. The van der Waals surface area contributed by atoms with E-state index in [2.05, 4.69) is 9.72 Å². The van der Waals surface area contributed by atoms with E-state index in [0.29, 0.717) is 6.07 Å². The zero-order chi connectivity index (χ0) is 13.9. The van der Waals surface area contributed by atoms with Crippen molar-refractivity contribution in [2.75, 3.05) is 0 Å². The van der Waals surface area contributed by atoms with Gasteiger partial charge in [-0.25, -0.2) is 4.98 Å². The van der Waals surface area contributed by atoms with Crippen molar-refractivity contribution in [2.24, 2.45) is 0 Å². The van der Waals surface area contributed by atoms with E-state index < -0.39 is 22.9 Å². The predicted molar refractivity (Wildman–Crippen MR) is 59.6 cm³/mol. The molecule has 1 aromatic rings. The molecule has 0 aromatic carbocycles. The van der Waals surface area contributed by atoms with Crippen LogP contribution >= 0.6 is 22.6 Å². The normalized spacial score (nSPS) is 10.8. The van der Waals surface area contributed by atoms with E-state index in [0.717, 1.165) is 0 Å². The van der Waals surface area contributed by atoms with Crippen molar-refractivity contribution in [2.45, 2.75) is 12.8 Å². The van der Waals surface area contributed by atoms with E-state index >= 15 is 0 Å². The minimum Gasteiger partial charge on any atom is -0.388 e. The van der Waals surface area contributed by atoms with Crippen molar-refractivity contribution in [3.8, 4) is 11.9 Å². The van der Waals surface area contributed by atoms with Crippen LogP contribution in [0.15, 0.2) is 6.07 Å². The summed E-state index contributed by atoms with van der Waals surface area (Å²) in [5, 5.41) is 19.1. The Morgan fingerprint density at radius 2 is 2.22 bits per heavy atom. The summed E-state index contributed by atoms with van der Waals surface area (Å²) in [5.74, 6) is -0.958. The maximum Gasteiger partial charge on any atom is 0.574 e. The molecule has 0 fully saturated rings. The molecule has 0 aliphatic heterocycles. The first-order valence-electron chi connectivity index (χ1n) is 4.21. The largest absolute Gasteiger partial charge is 0.574 e. The van der Waals surface area contributed by atoms with Crippen LogP contribution in [0.3, 0.4) is 0 Å². The first kappa shape index (κ1) is 14.4. The number of nitro groups is 1. The van der Waals surface area contributed by atoms with E-state index in [9.17, 15) is 23.3 Å². The van der Waals surface area contributed by atoms with Gasteiger partial charge in [-0.3, -0.25) is 10.1 Å². The highest BCUT2D eigenvalue weighted by atomic mass is 127. The zero-order valence-corrected chi connectivity index (χ0v) is 10.5. The summed E-state index contributed by atoms with van der Waals surface area (Å²) in [4.78, 5) is 13.2. The minimum atomic E-state index is -5.00. The molecule has 0 spiro atoms. The number of nitriles is 1. The highest BCUT2D eigenvalue weighted by Crippen LogP contribution is 2.30. The summed E-state index contributed by atoms with van der Waals surface area (Å²) in [7, 11) is 0. The fourth-order valence-corrected chi connectivity index (χ4v) is 1.70. The van der Waals surface area contributed by atoms with E-state index in [-0.39, 0.29) is 15.7 Å². The van der Waals surface area contributed by atoms with Crippen molar-refractivity contribution >= 4 is 28.3 Å². The van der Waals surface area contributed by atoms with Gasteiger partial charge < -0.3 is 4.74 Å². The molecule has 0 radical (unpaired) electrons. The molecule has 0 saturated heterocycles. The summed E-state index contributed by atoms with van der Waals surface area (Å²) in [6.07, 6.45) is -5.36. The van der Waals surface area contributed by atoms with Crippen molar-refractivity contribution in [3.63, 3.8) is 0 Å². The minimum absolute atomic E-state index is 0.00803. The number of ether oxygens (including phenoxy) is 1. The number of aromatic nitrogens is 1. The fraction of sp³-hybridized carbons (Fsp3) is 0.250. The lowest BCUT2D eigenvalue weighted by Crippen LogP contribution is -2.18. The van der Waals surface area contributed by atoms with Gasteiger partial charge in [-0.05, 0) is 22.6 Å². The monoisotopic (exact) mass is 373 g/mol. The smallest absolute Gasteiger partial charge is 0.388 e. The molecule has 0 bridgehead atoms. The van der Waals surface area contributed by atoms with E-state index in [1.165, 1.54) is 0 Å². The van der Waals surface area contributed by atoms with Gasteiger partial charge in [-0.1, -0.05) is 0 Å². The van der Waals surface area contributed by atoms with Gasteiger partial charge in [0.25, 0.3) is 5.69 Å². The first-order valence-corrected chi connectivity index (χ1v) is 5.29. The average Bonchev–Trinajstić information content (AvgIpc) is 2.20. The van der Waals surface area contributed by atoms with Crippen LogP contribution in [0.1, 0.15) is 5.69 Å². The summed E-state index contributed by atoms with van der Waals surface area (Å²) in [6.45, 7) is 0. The molecule has 1 heterocycles. The Morgan fingerprint density at radius 3 is 2.67 bits per heavy atom. The molecule has 0 atom stereocenters. The zero-order valence-electron chi connectivity index (χ0n) is 8.36. The van der Waals surface area contributed by atoms with Crippen LogP contribution in [0.2, 0.25) is 0 Å². The second-order valence-electron chi connectivity index (χ2n) is 2.88. The third-order valence-electron chi connectivity index (χ3n) is 1.65. The fourth-order valence-electron chi connectivity index (χ4n) is 1.04. The number of halogens is 4. The summed E-state index contributed by atoms with van der Waals surface area (Å²) < 4.78 is 39.5. The van der Waals surface area contributed by atoms with E-state index in [4.69, 9.17) is 5.26 Å². The molecule has 96 valence electrons. The van der Waals surface area contributed by atoms with Crippen LogP contribution in [0.25, 0.3) is 0 Å². The van der Waals surface area contributed by atoms with E-state index in [1.807, 2.05) is 0 Å². The van der Waals surface area contributed by atoms with Crippen LogP contribution in [-0.4, -0.2) is 16.3 Å². The van der Waals surface area contributed by atoms with Gasteiger partial charge in [0.1, 0.15) is 3.57 Å². The number of rotatable bonds is 3. The van der Waals surface area contributed by atoms with E-state index in [1.54, 1.807) is 28.7 Å². The van der Waals surface area contributed by atoms with Crippen LogP contribution < -0.4 is 4.74 Å². The Bertz CT molecular complexity index is 527. The Kier molecular flexibility index (Phi) is 4.28. The molecule has 0 aliphatic rings. The first-order chi connectivity index (χ1) is 8.24. The summed E-state index contributed by atoms with van der Waals surface area (Å²) in [5.41, 5.74) is -0.721. The Labute approximate surface area is 112 Å². The van der Waals surface area contributed by atoms with Crippen molar-refractivity contribution in [3.05, 3.63) is 25.4 Å². The van der Waals surface area contributed by atoms with Gasteiger partial charge in [0.15, 0.2) is 0 Å². The molecule has 1 aromatic heterocycles. The lowest BCUT2D eigenvalue weighted by atomic mass is 10.2. The Morgan fingerprint density at radius 1 is 1.61 bits per heavy atom. The molecular weight excluding hydrogens is 370 g/mol. The molecule has 10 heteroatoms. The lowest BCUT2D eigenvalue weighted by molar-refractivity contribution is -0.386. The molecule has 0 unspecified atom stereocenters. The summed E-state index contributed by atoms with van der Waals surface area (Å²) >= 11 is 1.54. The molecular formula is C8H3F3IN3O3. The van der Waals surface area contributed by atoms with Crippen LogP contribution in [0.5, 0.6) is 5.88 Å². The van der Waals surface area contributed by atoms with Gasteiger partial charge in [0.05, 0.1) is 29.2 Å². The van der Waals surface area contributed by atoms with Gasteiger partial charge in [0.2, 0.25) is 5.88 Å². The second kappa shape index (κ2) is 5.34. The third-order valence-corrected chi connectivity index (χ3v) is 2.82. The number of hydrogen-bond donors (Lipinski definition) is 0. The number of alkyl halides is 3. The molecule has 0 amide bonds. The Balaban J connectivity index is 3.30. The standard InChI is InChI=1S/C8H3F3IN3O3/c9-8(10,11)18-6-3-5(15(16)17)7(12)4(14-6)1-2-13/h3H,1H2. The molecule has 6 nitrogen and oxygen atoms in total.